The molecule has 0 radical (unpaired) electrons. The van der Waals surface area contributed by atoms with Crippen LogP contribution < -0.4 is 11.1 Å². The van der Waals surface area contributed by atoms with Crippen LogP contribution in [0.3, 0.4) is 0 Å². The molecule has 8 heteroatoms. The average Bonchev–Trinajstić information content (AvgIpc) is 2.83. The fraction of sp³-hybridized carbons (Fsp3) is 0.412. The van der Waals surface area contributed by atoms with Crippen molar-refractivity contribution in [3.8, 4) is 5.69 Å². The van der Waals surface area contributed by atoms with E-state index in [-0.39, 0.29) is 12.2 Å². The molecule has 1 amide bonds. The van der Waals surface area contributed by atoms with Crippen molar-refractivity contribution in [2.45, 2.75) is 33.2 Å². The summed E-state index contributed by atoms with van der Waals surface area (Å²) in [6, 6.07) is 6.94. The number of carbonyl (C=O) groups excluding carboxylic acids is 1. The van der Waals surface area contributed by atoms with E-state index in [9.17, 15) is 13.2 Å². The molecule has 1 aromatic carbocycles. The number of aryl methyl sites for hydroxylation is 3. The second kappa shape index (κ2) is 7.37. The number of benzene rings is 1. The molecular formula is C17H24N4O3S. The summed E-state index contributed by atoms with van der Waals surface area (Å²) in [7, 11) is -3.15. The number of rotatable bonds is 6. The fourth-order valence-corrected chi connectivity index (χ4v) is 3.24. The Morgan fingerprint density at radius 1 is 1.20 bits per heavy atom. The van der Waals surface area contributed by atoms with E-state index in [1.165, 1.54) is 0 Å². The van der Waals surface area contributed by atoms with Gasteiger partial charge in [-0.3, -0.25) is 4.79 Å². The molecular weight excluding hydrogens is 340 g/mol. The van der Waals surface area contributed by atoms with Gasteiger partial charge in [0.15, 0.2) is 5.82 Å². The number of hydrogen-bond donors (Lipinski definition) is 2. The first-order valence-corrected chi connectivity index (χ1v) is 10.0. The van der Waals surface area contributed by atoms with Gasteiger partial charge in [-0.2, -0.15) is 0 Å². The molecule has 25 heavy (non-hydrogen) atoms. The molecule has 1 unspecified atom stereocenters. The highest BCUT2D eigenvalue weighted by Crippen LogP contribution is 2.18. The normalized spacial score (nSPS) is 12.8. The van der Waals surface area contributed by atoms with Gasteiger partial charge in [-0.15, -0.1) is 5.10 Å². The summed E-state index contributed by atoms with van der Waals surface area (Å²) >= 11 is 0. The maximum Gasteiger partial charge on any atom is 0.242 e. The molecule has 3 N–H and O–H groups in total. The first kappa shape index (κ1) is 19.1. The topological polar surface area (TPSA) is 107 Å². The number of hydrogen-bond acceptors (Lipinski definition) is 5. The van der Waals surface area contributed by atoms with E-state index < -0.39 is 21.8 Å². The quantitative estimate of drug-likeness (QED) is 0.808. The van der Waals surface area contributed by atoms with Crippen molar-refractivity contribution in [2.24, 2.45) is 5.73 Å². The van der Waals surface area contributed by atoms with Gasteiger partial charge in [0.2, 0.25) is 5.91 Å². The summed E-state index contributed by atoms with van der Waals surface area (Å²) in [5.41, 5.74) is 9.78. The maximum absolute atomic E-state index is 12.1. The SMILES string of the molecule is Cc1cc(C)cc(-n2nc(NC(=O)C(N)CCS(C)(=O)=O)cc2C)c1. The summed E-state index contributed by atoms with van der Waals surface area (Å²) in [6.07, 6.45) is 1.19. The molecule has 1 aromatic heterocycles. The molecule has 0 fully saturated rings. The van der Waals surface area contributed by atoms with Gasteiger partial charge >= 0.3 is 0 Å². The minimum Gasteiger partial charge on any atom is -0.320 e. The highest BCUT2D eigenvalue weighted by Gasteiger charge is 2.18. The molecule has 2 rings (SSSR count). The minimum absolute atomic E-state index is 0.0709. The molecule has 1 heterocycles. The third kappa shape index (κ3) is 5.40. The zero-order valence-electron chi connectivity index (χ0n) is 14.9. The van der Waals surface area contributed by atoms with Crippen LogP contribution in [0.4, 0.5) is 5.82 Å². The fourth-order valence-electron chi connectivity index (χ4n) is 2.56. The summed E-state index contributed by atoms with van der Waals surface area (Å²) in [4.78, 5) is 12.1. The van der Waals surface area contributed by atoms with Crippen molar-refractivity contribution in [2.75, 3.05) is 17.3 Å². The van der Waals surface area contributed by atoms with Crippen LogP contribution in [-0.2, 0) is 14.6 Å². The van der Waals surface area contributed by atoms with E-state index >= 15 is 0 Å². The molecule has 1 atom stereocenters. The molecule has 0 bridgehead atoms. The van der Waals surface area contributed by atoms with Gasteiger partial charge in [-0.1, -0.05) is 6.07 Å². The molecule has 2 aromatic rings. The number of sulfone groups is 1. The largest absolute Gasteiger partial charge is 0.320 e. The summed E-state index contributed by atoms with van der Waals surface area (Å²) in [5.74, 6) is -0.192. The lowest BCUT2D eigenvalue weighted by Gasteiger charge is -2.10. The van der Waals surface area contributed by atoms with Gasteiger partial charge in [0, 0.05) is 18.0 Å². The van der Waals surface area contributed by atoms with Crippen LogP contribution >= 0.6 is 0 Å². The Kier molecular flexibility index (Phi) is 5.64. The van der Waals surface area contributed by atoms with Crippen LogP contribution in [0.1, 0.15) is 23.2 Å². The number of nitrogens with one attached hydrogen (secondary N) is 1. The second-order valence-electron chi connectivity index (χ2n) is 6.44. The predicted octanol–water partition coefficient (Wildman–Crippen LogP) is 1.50. The number of aromatic nitrogens is 2. The lowest BCUT2D eigenvalue weighted by molar-refractivity contribution is -0.117. The van der Waals surface area contributed by atoms with Crippen molar-refractivity contribution < 1.29 is 13.2 Å². The first-order chi connectivity index (χ1) is 11.5. The third-order valence-corrected chi connectivity index (χ3v) is 4.70. The molecule has 136 valence electrons. The van der Waals surface area contributed by atoms with E-state index in [0.717, 1.165) is 28.8 Å². The summed E-state index contributed by atoms with van der Waals surface area (Å²) in [6.45, 7) is 5.92. The first-order valence-electron chi connectivity index (χ1n) is 7.94. The Labute approximate surface area is 148 Å². The number of anilines is 1. The molecule has 0 aliphatic heterocycles. The standard InChI is InChI=1S/C17H24N4O3S/c1-11-7-12(2)9-14(8-11)21-13(3)10-16(20-21)19-17(22)15(18)5-6-25(4,23)24/h7-10,15H,5-6,18H2,1-4H3,(H,19,20,22). The number of nitrogens with two attached hydrogens (primary N) is 1. The van der Waals surface area contributed by atoms with Crippen LogP contribution in [0.5, 0.6) is 0 Å². The Hall–Kier alpha value is -2.19. The number of carbonyl (C=O) groups is 1. The Bertz CT molecular complexity index is 867. The van der Waals surface area contributed by atoms with Gasteiger partial charge < -0.3 is 11.1 Å². The molecule has 0 saturated heterocycles. The van der Waals surface area contributed by atoms with Crippen molar-refractivity contribution in [1.29, 1.82) is 0 Å². The Balaban J connectivity index is 2.13. The average molecular weight is 364 g/mol. The zero-order chi connectivity index (χ0) is 18.8. The minimum atomic E-state index is -3.15. The van der Waals surface area contributed by atoms with E-state index in [0.29, 0.717) is 5.82 Å². The smallest absolute Gasteiger partial charge is 0.242 e. The maximum atomic E-state index is 12.1. The van der Waals surface area contributed by atoms with Gasteiger partial charge in [-0.25, -0.2) is 13.1 Å². The highest BCUT2D eigenvalue weighted by atomic mass is 32.2. The molecule has 7 nitrogen and oxygen atoms in total. The van der Waals surface area contributed by atoms with Crippen LogP contribution in [0, 0.1) is 20.8 Å². The van der Waals surface area contributed by atoms with E-state index in [2.05, 4.69) is 16.5 Å². The van der Waals surface area contributed by atoms with Gasteiger partial charge in [0.05, 0.1) is 17.5 Å². The van der Waals surface area contributed by atoms with Crippen LogP contribution in [0.2, 0.25) is 0 Å². The van der Waals surface area contributed by atoms with Crippen molar-refractivity contribution in [1.82, 2.24) is 9.78 Å². The summed E-state index contributed by atoms with van der Waals surface area (Å²) < 4.78 is 24.1. The number of nitrogens with zero attached hydrogens (tertiary/aromatic N) is 2. The van der Waals surface area contributed by atoms with Crippen LogP contribution in [-0.4, -0.2) is 42.2 Å². The van der Waals surface area contributed by atoms with Gasteiger partial charge in [0.1, 0.15) is 9.84 Å². The van der Waals surface area contributed by atoms with Crippen LogP contribution in [0.25, 0.3) is 5.69 Å². The highest BCUT2D eigenvalue weighted by molar-refractivity contribution is 7.90. The molecule has 0 saturated carbocycles. The van der Waals surface area contributed by atoms with Crippen molar-refractivity contribution in [3.63, 3.8) is 0 Å². The van der Waals surface area contributed by atoms with E-state index in [1.807, 2.05) is 32.9 Å². The monoisotopic (exact) mass is 364 g/mol. The van der Waals surface area contributed by atoms with E-state index in [4.69, 9.17) is 5.73 Å². The van der Waals surface area contributed by atoms with E-state index in [1.54, 1.807) is 10.7 Å². The lowest BCUT2D eigenvalue weighted by atomic mass is 10.1. The third-order valence-electron chi connectivity index (χ3n) is 3.73. The zero-order valence-corrected chi connectivity index (χ0v) is 15.7. The Morgan fingerprint density at radius 3 is 2.36 bits per heavy atom. The Morgan fingerprint density at radius 2 is 1.80 bits per heavy atom. The molecule has 0 aliphatic carbocycles. The van der Waals surface area contributed by atoms with Crippen LogP contribution in [0.15, 0.2) is 24.3 Å². The van der Waals surface area contributed by atoms with Gasteiger partial charge in [0.25, 0.3) is 0 Å². The number of amides is 1. The van der Waals surface area contributed by atoms with Gasteiger partial charge in [-0.05, 0) is 50.5 Å². The van der Waals surface area contributed by atoms with Crippen molar-refractivity contribution >= 4 is 21.6 Å². The molecule has 0 aliphatic rings. The predicted molar refractivity (Wildman–Crippen MR) is 98.7 cm³/mol. The van der Waals surface area contributed by atoms with Crippen molar-refractivity contribution in [3.05, 3.63) is 41.1 Å². The lowest BCUT2D eigenvalue weighted by Crippen LogP contribution is -2.37. The second-order valence-corrected chi connectivity index (χ2v) is 8.70. The molecule has 0 spiro atoms. The summed E-state index contributed by atoms with van der Waals surface area (Å²) in [5, 5.41) is 7.05.